The molecular weight excluding hydrogens is 741 g/mol. The van der Waals surface area contributed by atoms with Crippen molar-refractivity contribution in [3.63, 3.8) is 0 Å². The van der Waals surface area contributed by atoms with Crippen LogP contribution in [0.15, 0.2) is 68.5 Å². The minimum Gasteiger partial charge on any atom is -0.476 e. The van der Waals surface area contributed by atoms with Crippen LogP contribution in [0.1, 0.15) is 0 Å². The summed E-state index contributed by atoms with van der Waals surface area (Å²) in [5.41, 5.74) is 0.357. The number of hydrogen-bond donors (Lipinski definition) is 2. The van der Waals surface area contributed by atoms with Crippen LogP contribution in [-0.4, -0.2) is 121 Å². The van der Waals surface area contributed by atoms with E-state index in [2.05, 4.69) is 72.5 Å². The summed E-state index contributed by atoms with van der Waals surface area (Å²) >= 11 is 9.81. The molecule has 2 fully saturated rings. The van der Waals surface area contributed by atoms with E-state index in [0.717, 1.165) is 79.2 Å². The molecule has 3 aromatic rings. The zero-order valence-electron chi connectivity index (χ0n) is 23.2. The van der Waals surface area contributed by atoms with Crippen molar-refractivity contribution in [3.05, 3.63) is 68.5 Å². The highest BCUT2D eigenvalue weighted by Crippen LogP contribution is 2.12. The van der Waals surface area contributed by atoms with Crippen LogP contribution >= 0.6 is 47.8 Å². The van der Waals surface area contributed by atoms with Gasteiger partial charge in [-0.3, -0.25) is 9.80 Å². The average molecular weight is 776 g/mol. The number of pyridine rings is 3. The minimum absolute atomic E-state index is 0.357. The summed E-state index contributed by atoms with van der Waals surface area (Å²) in [5, 5.41) is 17.8. The first-order valence-corrected chi connectivity index (χ1v) is 15.8. The molecule has 42 heavy (non-hydrogen) atoms. The maximum absolute atomic E-state index is 8.92. The van der Waals surface area contributed by atoms with Gasteiger partial charge >= 0.3 is 7.12 Å². The molecule has 2 aliphatic rings. The van der Waals surface area contributed by atoms with E-state index in [1.807, 2.05) is 24.3 Å². The van der Waals surface area contributed by atoms with Gasteiger partial charge in [-0.2, -0.15) is 0 Å². The fourth-order valence-corrected chi connectivity index (χ4v) is 4.35. The lowest BCUT2D eigenvalue weighted by Gasteiger charge is -2.26. The highest BCUT2D eigenvalue weighted by Gasteiger charge is 2.12. The van der Waals surface area contributed by atoms with E-state index >= 15 is 0 Å². The van der Waals surface area contributed by atoms with Crippen molar-refractivity contribution in [2.75, 3.05) is 78.9 Å². The summed E-state index contributed by atoms with van der Waals surface area (Å²) < 4.78 is 24.4. The molecule has 0 saturated carbocycles. The number of morpholine rings is 2. The van der Waals surface area contributed by atoms with E-state index in [4.69, 9.17) is 29.0 Å². The largest absolute Gasteiger partial charge is 0.490 e. The molecule has 0 atom stereocenters. The van der Waals surface area contributed by atoms with Gasteiger partial charge in [0.25, 0.3) is 0 Å². The molecule has 3 aromatic heterocycles. The molecule has 2 aliphatic heterocycles. The minimum atomic E-state index is -1.49. The van der Waals surface area contributed by atoms with Gasteiger partial charge in [-0.05, 0) is 72.1 Å². The van der Waals surface area contributed by atoms with E-state index in [1.165, 1.54) is 6.20 Å². The summed E-state index contributed by atoms with van der Waals surface area (Å²) in [6.45, 7) is 10.1. The van der Waals surface area contributed by atoms with Gasteiger partial charge in [0.2, 0.25) is 11.8 Å². The smallest absolute Gasteiger partial charge is 0.476 e. The molecule has 11 nitrogen and oxygen atoms in total. The monoisotopic (exact) mass is 773 g/mol. The Morgan fingerprint density at radius 1 is 0.667 bits per heavy atom. The topological polar surface area (TPSA) is 123 Å². The third-order valence-electron chi connectivity index (χ3n) is 5.97. The average Bonchev–Trinajstić information content (AvgIpc) is 3.02. The van der Waals surface area contributed by atoms with Gasteiger partial charge in [0.15, 0.2) is 0 Å². The van der Waals surface area contributed by atoms with Gasteiger partial charge in [0, 0.05) is 78.3 Å². The predicted molar refractivity (Wildman–Crippen MR) is 171 cm³/mol. The van der Waals surface area contributed by atoms with Crippen LogP contribution in [0.2, 0.25) is 0 Å². The maximum Gasteiger partial charge on any atom is 0.490 e. The molecule has 15 heteroatoms. The zero-order valence-corrected chi connectivity index (χ0v) is 27.9. The first kappa shape index (κ1) is 34.8. The van der Waals surface area contributed by atoms with Crippen LogP contribution in [0.3, 0.4) is 0 Å². The molecule has 0 aliphatic carbocycles. The first-order valence-electron chi connectivity index (χ1n) is 13.5. The highest BCUT2D eigenvalue weighted by atomic mass is 79.9. The molecule has 5 rings (SSSR count). The van der Waals surface area contributed by atoms with Gasteiger partial charge in [-0.25, -0.2) is 15.0 Å². The summed E-state index contributed by atoms with van der Waals surface area (Å²) in [7, 11) is -1.49. The second-order valence-corrected chi connectivity index (χ2v) is 11.7. The molecule has 0 amide bonds. The molecular formula is C27H35BBr3N5O6. The summed E-state index contributed by atoms with van der Waals surface area (Å²) in [6.07, 6.45) is 4.88. The van der Waals surface area contributed by atoms with Gasteiger partial charge < -0.3 is 29.0 Å². The van der Waals surface area contributed by atoms with Crippen LogP contribution in [0.5, 0.6) is 11.8 Å². The van der Waals surface area contributed by atoms with Crippen molar-refractivity contribution in [3.8, 4) is 11.8 Å². The number of rotatable bonds is 9. The standard InChI is InChI=1S/C11H17BN2O4.C11H15BrN2O2.C5H3Br2N/c15-12(16)10-1-2-11(13-9-10)18-8-5-14-3-6-17-7-4-14;12-10-1-2-11(13-9-10)16-8-5-14-3-6-15-7-4-14;6-4-1-2-5(7)8-3-4/h1-2,9,15-16H,3-8H2;1-2,9H,3-8H2;1-3H. The maximum atomic E-state index is 8.92. The molecule has 5 heterocycles. The van der Waals surface area contributed by atoms with Crippen LogP contribution < -0.4 is 14.9 Å². The summed E-state index contributed by atoms with van der Waals surface area (Å²) in [4.78, 5) is 16.7. The Labute approximate surface area is 272 Å². The van der Waals surface area contributed by atoms with Gasteiger partial charge in [-0.1, -0.05) is 6.07 Å². The van der Waals surface area contributed by atoms with Crippen molar-refractivity contribution in [2.24, 2.45) is 0 Å². The van der Waals surface area contributed by atoms with Crippen LogP contribution in [-0.2, 0) is 9.47 Å². The number of halogens is 3. The Morgan fingerprint density at radius 3 is 1.52 bits per heavy atom. The fourth-order valence-electron chi connectivity index (χ4n) is 3.64. The Morgan fingerprint density at radius 2 is 1.14 bits per heavy atom. The van der Waals surface area contributed by atoms with Gasteiger partial charge in [-0.15, -0.1) is 0 Å². The van der Waals surface area contributed by atoms with E-state index < -0.39 is 7.12 Å². The molecule has 0 bridgehead atoms. The Hall–Kier alpha value is -1.69. The number of aromatic nitrogens is 3. The Balaban J connectivity index is 0.000000185. The zero-order chi connectivity index (χ0) is 30.0. The molecule has 2 N–H and O–H groups in total. The van der Waals surface area contributed by atoms with Crippen LogP contribution in [0, 0.1) is 0 Å². The quantitative estimate of drug-likeness (QED) is 0.247. The van der Waals surface area contributed by atoms with E-state index in [-0.39, 0.29) is 0 Å². The van der Waals surface area contributed by atoms with Crippen LogP contribution in [0.4, 0.5) is 0 Å². The normalized spacial score (nSPS) is 15.5. The first-order chi connectivity index (χ1) is 20.4. The van der Waals surface area contributed by atoms with E-state index in [1.54, 1.807) is 24.5 Å². The number of nitrogens with zero attached hydrogens (tertiary/aromatic N) is 5. The Kier molecular flexibility index (Phi) is 16.8. The SMILES string of the molecule is Brc1ccc(Br)nc1.Brc1ccc(OCCN2CCOCC2)nc1.OB(O)c1ccc(OCCN2CCOCC2)nc1. The molecule has 0 spiro atoms. The molecule has 0 radical (unpaired) electrons. The second kappa shape index (κ2) is 20.3. The number of hydrogen-bond acceptors (Lipinski definition) is 11. The summed E-state index contributed by atoms with van der Waals surface area (Å²) in [6, 6.07) is 10.8. The highest BCUT2D eigenvalue weighted by molar-refractivity contribution is 9.11. The van der Waals surface area contributed by atoms with E-state index in [0.29, 0.717) is 30.4 Å². The lowest BCUT2D eigenvalue weighted by atomic mass is 9.82. The van der Waals surface area contributed by atoms with E-state index in [9.17, 15) is 0 Å². The van der Waals surface area contributed by atoms with Gasteiger partial charge in [0.05, 0.1) is 26.4 Å². The third kappa shape index (κ3) is 14.7. The molecule has 0 unspecified atom stereocenters. The molecule has 2 saturated heterocycles. The van der Waals surface area contributed by atoms with Crippen molar-refractivity contribution in [1.82, 2.24) is 24.8 Å². The fraction of sp³-hybridized carbons (Fsp3) is 0.444. The number of ether oxygens (including phenoxy) is 4. The lowest BCUT2D eigenvalue weighted by Crippen LogP contribution is -2.38. The van der Waals surface area contributed by atoms with Gasteiger partial charge in [0.1, 0.15) is 17.8 Å². The predicted octanol–water partition coefficient (Wildman–Crippen LogP) is 2.63. The van der Waals surface area contributed by atoms with Crippen molar-refractivity contribution >= 4 is 60.4 Å². The van der Waals surface area contributed by atoms with Crippen molar-refractivity contribution in [2.45, 2.75) is 0 Å². The Bertz CT molecular complexity index is 1100. The third-order valence-corrected chi connectivity index (χ3v) is 7.38. The van der Waals surface area contributed by atoms with Crippen molar-refractivity contribution < 1.29 is 29.0 Å². The van der Waals surface area contributed by atoms with Crippen LogP contribution in [0.25, 0.3) is 0 Å². The second-order valence-electron chi connectivity index (χ2n) is 9.02. The molecule has 0 aromatic carbocycles. The lowest BCUT2D eigenvalue weighted by molar-refractivity contribution is 0.0319. The van der Waals surface area contributed by atoms with Crippen molar-refractivity contribution in [1.29, 1.82) is 0 Å². The summed E-state index contributed by atoms with van der Waals surface area (Å²) in [5.74, 6) is 1.17. The molecule has 228 valence electrons.